The number of para-hydroxylation sites is 4. The van der Waals surface area contributed by atoms with Gasteiger partial charge in [0.25, 0.3) is 0 Å². The Bertz CT molecular complexity index is 2480. The molecular formula is C42H28N2. The molecule has 1 unspecified atom stereocenters. The fourth-order valence-electron chi connectivity index (χ4n) is 7.95. The Kier molecular flexibility index (Phi) is 4.86. The van der Waals surface area contributed by atoms with Crippen LogP contribution in [0.1, 0.15) is 23.5 Å². The number of hydrogen-bond donors (Lipinski definition) is 0. The second kappa shape index (κ2) is 8.95. The number of hydrogen-bond acceptors (Lipinski definition) is 1. The van der Waals surface area contributed by atoms with E-state index in [1.807, 2.05) is 0 Å². The molecule has 2 nitrogen and oxygen atoms in total. The molecule has 2 aromatic heterocycles. The van der Waals surface area contributed by atoms with E-state index in [1.165, 1.54) is 83.0 Å². The fraction of sp³-hybridized carbons (Fsp3) is 0.0476. The van der Waals surface area contributed by atoms with Crippen LogP contribution in [0.4, 0.5) is 11.4 Å². The van der Waals surface area contributed by atoms with E-state index in [0.717, 1.165) is 6.42 Å². The van der Waals surface area contributed by atoms with Crippen LogP contribution in [-0.4, -0.2) is 4.40 Å². The average molecular weight is 561 g/mol. The molecule has 44 heavy (non-hydrogen) atoms. The van der Waals surface area contributed by atoms with Crippen LogP contribution in [0.25, 0.3) is 54.8 Å². The normalized spacial score (nSPS) is 16.1. The number of nitrogens with zero attached hydrogens (tertiary/aromatic N) is 2. The predicted octanol–water partition coefficient (Wildman–Crippen LogP) is 11.1. The number of benzene rings is 6. The lowest BCUT2D eigenvalue weighted by molar-refractivity contribution is 0.823. The smallest absolute Gasteiger partial charge is 0.0620 e. The van der Waals surface area contributed by atoms with Crippen molar-refractivity contribution >= 4 is 55.0 Å². The van der Waals surface area contributed by atoms with Crippen molar-refractivity contribution in [1.82, 2.24) is 4.40 Å². The Labute approximate surface area is 255 Å². The third kappa shape index (κ3) is 3.20. The van der Waals surface area contributed by atoms with E-state index >= 15 is 0 Å². The fourth-order valence-corrected chi connectivity index (χ4v) is 7.95. The van der Waals surface area contributed by atoms with E-state index in [4.69, 9.17) is 0 Å². The van der Waals surface area contributed by atoms with Gasteiger partial charge in [0.05, 0.1) is 16.6 Å². The molecule has 0 radical (unpaired) electrons. The highest BCUT2D eigenvalue weighted by Gasteiger charge is 2.36. The van der Waals surface area contributed by atoms with Crippen molar-refractivity contribution in [3.8, 4) is 11.1 Å². The number of fused-ring (bicyclic) bond motifs is 9. The average Bonchev–Trinajstić information content (AvgIpc) is 3.73. The minimum Gasteiger partial charge on any atom is -0.313 e. The number of allylic oxidation sites excluding steroid dienone is 4. The highest BCUT2D eigenvalue weighted by Crippen LogP contribution is 2.53. The second-order valence-corrected chi connectivity index (χ2v) is 12.1. The molecular weight excluding hydrogens is 532 g/mol. The van der Waals surface area contributed by atoms with Crippen molar-refractivity contribution in [2.24, 2.45) is 0 Å². The van der Waals surface area contributed by atoms with Crippen molar-refractivity contribution in [3.05, 3.63) is 169 Å². The van der Waals surface area contributed by atoms with Crippen molar-refractivity contribution < 1.29 is 0 Å². The molecule has 3 heterocycles. The standard InChI is InChI=1S/C42H28N2/c1-2-11-27(12-3-1)28-13-8-14-30(25-28)43-38-21-6-4-15-32(38)34-24-23-29(26-40(34)43)31-17-9-19-36-37-20-10-18-35-33-16-5-7-22-39(33)44(41(31)36)42(35)37/h1-23,25-26,34H,24H2. The van der Waals surface area contributed by atoms with Gasteiger partial charge in [0.2, 0.25) is 0 Å². The van der Waals surface area contributed by atoms with Gasteiger partial charge in [0.1, 0.15) is 0 Å². The zero-order valence-corrected chi connectivity index (χ0v) is 24.1. The highest BCUT2D eigenvalue weighted by atomic mass is 15.2. The molecule has 2 heteroatoms. The maximum atomic E-state index is 2.51. The molecule has 0 fully saturated rings. The molecule has 1 atom stereocenters. The van der Waals surface area contributed by atoms with Gasteiger partial charge in [0.15, 0.2) is 0 Å². The Morgan fingerprint density at radius 2 is 1.23 bits per heavy atom. The lowest BCUT2D eigenvalue weighted by Crippen LogP contribution is -2.15. The summed E-state index contributed by atoms with van der Waals surface area (Å²) in [6, 6.07) is 51.1. The van der Waals surface area contributed by atoms with Crippen LogP contribution in [0.2, 0.25) is 0 Å². The van der Waals surface area contributed by atoms with Crippen LogP contribution in [0.5, 0.6) is 0 Å². The molecule has 206 valence electrons. The first-order valence-corrected chi connectivity index (χ1v) is 15.5. The van der Waals surface area contributed by atoms with Crippen LogP contribution >= 0.6 is 0 Å². The van der Waals surface area contributed by atoms with Gasteiger partial charge in [-0.1, -0.05) is 121 Å². The number of aromatic nitrogens is 1. The van der Waals surface area contributed by atoms with E-state index in [-0.39, 0.29) is 0 Å². The van der Waals surface area contributed by atoms with Gasteiger partial charge in [-0.25, -0.2) is 0 Å². The molecule has 0 N–H and O–H groups in total. The first kappa shape index (κ1) is 23.9. The van der Waals surface area contributed by atoms with Gasteiger partial charge in [-0.3, -0.25) is 0 Å². The molecule has 2 aliphatic rings. The first-order valence-electron chi connectivity index (χ1n) is 15.5. The van der Waals surface area contributed by atoms with Crippen molar-refractivity contribution in [3.63, 3.8) is 0 Å². The maximum Gasteiger partial charge on any atom is 0.0620 e. The summed E-state index contributed by atoms with van der Waals surface area (Å²) in [5, 5.41) is 5.28. The highest BCUT2D eigenvalue weighted by molar-refractivity contribution is 6.24. The molecule has 6 aromatic carbocycles. The van der Waals surface area contributed by atoms with Gasteiger partial charge >= 0.3 is 0 Å². The largest absolute Gasteiger partial charge is 0.313 e. The minimum absolute atomic E-state index is 0.336. The summed E-state index contributed by atoms with van der Waals surface area (Å²) in [6.45, 7) is 0. The third-order valence-electron chi connectivity index (χ3n) is 9.81. The second-order valence-electron chi connectivity index (χ2n) is 12.1. The zero-order chi connectivity index (χ0) is 28.8. The number of anilines is 2. The lowest BCUT2D eigenvalue weighted by Gasteiger charge is -2.27. The van der Waals surface area contributed by atoms with Gasteiger partial charge < -0.3 is 9.30 Å². The monoisotopic (exact) mass is 560 g/mol. The van der Waals surface area contributed by atoms with Crippen molar-refractivity contribution in [2.75, 3.05) is 4.90 Å². The summed E-state index contributed by atoms with van der Waals surface area (Å²) in [5.74, 6) is 0.336. The van der Waals surface area contributed by atoms with Crippen LogP contribution in [0.15, 0.2) is 157 Å². The Balaban J connectivity index is 1.19. The summed E-state index contributed by atoms with van der Waals surface area (Å²) in [5.41, 5.74) is 14.2. The van der Waals surface area contributed by atoms with Gasteiger partial charge in [-0.05, 0) is 59.0 Å². The summed E-state index contributed by atoms with van der Waals surface area (Å²) < 4.78 is 2.51. The SMILES string of the molecule is C1=C(c2cccc3c4cccc5c6ccccc6n(c23)c54)C=C2C(C1)c1ccccc1N2c1cccc(-c2ccccc2)c1. The van der Waals surface area contributed by atoms with Gasteiger partial charge in [0, 0.05) is 50.1 Å². The summed E-state index contributed by atoms with van der Waals surface area (Å²) in [6.07, 6.45) is 5.91. The molecule has 0 saturated carbocycles. The number of rotatable bonds is 3. The van der Waals surface area contributed by atoms with E-state index in [2.05, 4.69) is 161 Å². The topological polar surface area (TPSA) is 7.65 Å². The first-order chi connectivity index (χ1) is 21.8. The molecule has 0 saturated heterocycles. The Hall–Kier alpha value is -5.60. The maximum absolute atomic E-state index is 2.51. The molecule has 8 aromatic rings. The molecule has 10 rings (SSSR count). The summed E-state index contributed by atoms with van der Waals surface area (Å²) in [7, 11) is 0. The van der Waals surface area contributed by atoms with E-state index in [1.54, 1.807) is 0 Å². The van der Waals surface area contributed by atoms with Crippen molar-refractivity contribution in [1.29, 1.82) is 0 Å². The zero-order valence-electron chi connectivity index (χ0n) is 24.1. The molecule has 1 aliphatic carbocycles. The van der Waals surface area contributed by atoms with Gasteiger partial charge in [-0.15, -0.1) is 0 Å². The summed E-state index contributed by atoms with van der Waals surface area (Å²) in [4.78, 5) is 2.50. The molecule has 0 amide bonds. The molecule has 1 aliphatic heterocycles. The summed E-state index contributed by atoms with van der Waals surface area (Å²) >= 11 is 0. The van der Waals surface area contributed by atoms with E-state index < -0.39 is 0 Å². The quantitative estimate of drug-likeness (QED) is 0.209. The predicted molar refractivity (Wildman–Crippen MR) is 185 cm³/mol. The molecule has 0 spiro atoms. The van der Waals surface area contributed by atoms with E-state index in [0.29, 0.717) is 5.92 Å². The van der Waals surface area contributed by atoms with Crippen LogP contribution in [-0.2, 0) is 0 Å². The van der Waals surface area contributed by atoms with Crippen LogP contribution in [0.3, 0.4) is 0 Å². The van der Waals surface area contributed by atoms with Crippen LogP contribution in [0, 0.1) is 0 Å². The van der Waals surface area contributed by atoms with E-state index in [9.17, 15) is 0 Å². The minimum atomic E-state index is 0.336. The Morgan fingerprint density at radius 1 is 0.545 bits per heavy atom. The lowest BCUT2D eigenvalue weighted by atomic mass is 9.87. The molecule has 0 bridgehead atoms. The van der Waals surface area contributed by atoms with Crippen molar-refractivity contribution in [2.45, 2.75) is 12.3 Å². The van der Waals surface area contributed by atoms with Crippen LogP contribution < -0.4 is 4.90 Å². The van der Waals surface area contributed by atoms with Gasteiger partial charge in [-0.2, -0.15) is 0 Å². The Morgan fingerprint density at radius 3 is 2.14 bits per heavy atom. The third-order valence-corrected chi connectivity index (χ3v) is 9.81.